The Kier molecular flexibility index (Phi) is 12.2. The van der Waals surface area contributed by atoms with Crippen molar-refractivity contribution < 1.29 is 33.3 Å². The summed E-state index contributed by atoms with van der Waals surface area (Å²) >= 11 is 0. The summed E-state index contributed by atoms with van der Waals surface area (Å²) in [7, 11) is 3.24. The van der Waals surface area contributed by atoms with Gasteiger partial charge in [0.25, 0.3) is 0 Å². The molecule has 3 atom stereocenters. The highest BCUT2D eigenvalue weighted by Gasteiger charge is 2.39. The molecule has 2 heterocycles. The number of rotatable bonds is 6. The third kappa shape index (κ3) is 8.81. The molecule has 8 nitrogen and oxygen atoms in total. The number of amides is 1. The number of nitrogens with zero attached hydrogens (tertiary/aromatic N) is 1. The molecule has 8 heteroatoms. The molecule has 2 bridgehead atoms. The minimum Gasteiger partial charge on any atom is -0.493 e. The van der Waals surface area contributed by atoms with Gasteiger partial charge < -0.3 is 28.6 Å². The van der Waals surface area contributed by atoms with Gasteiger partial charge in [0.15, 0.2) is 11.5 Å². The summed E-state index contributed by atoms with van der Waals surface area (Å²) < 4.78 is 29.1. The van der Waals surface area contributed by atoms with E-state index >= 15 is 0 Å². The highest BCUT2D eigenvalue weighted by molar-refractivity contribution is 5.86. The van der Waals surface area contributed by atoms with Gasteiger partial charge in [0.2, 0.25) is 5.91 Å². The molecule has 2 fully saturated rings. The van der Waals surface area contributed by atoms with E-state index in [9.17, 15) is 9.59 Å². The standard InChI is InChI=1S/C37H49NO7/c1-41-34-20-18-27(25-35(34)42-2)17-19-33-29-13-10-14-30(26-29)44-24-23-43-22-9-7-15-31(28-11-4-3-5-12-28)36(39)38-21-8-6-16-32(38)37(40)45-33/h7,9-10,13-14,18,20,25-26,28,31-33H,3-6,8,11-12,15-17,19,21-24H2,1-2H3/b9-7+/t31-,32+,33-/m1/s1. The predicted molar refractivity (Wildman–Crippen MR) is 173 cm³/mol. The number of allylic oxidation sites excluding steroid dienone is 1. The molecule has 0 radical (unpaired) electrons. The first-order chi connectivity index (χ1) is 22.1. The summed E-state index contributed by atoms with van der Waals surface area (Å²) in [6, 6.07) is 13.0. The van der Waals surface area contributed by atoms with Gasteiger partial charge in [-0.05, 0) is 92.7 Å². The summed E-state index contributed by atoms with van der Waals surface area (Å²) in [6.45, 7) is 1.93. The maximum absolute atomic E-state index is 14.3. The Morgan fingerprint density at radius 1 is 0.867 bits per heavy atom. The van der Waals surface area contributed by atoms with Crippen LogP contribution in [0.2, 0.25) is 0 Å². The Hall–Kier alpha value is -3.52. The van der Waals surface area contributed by atoms with Gasteiger partial charge in [-0.3, -0.25) is 4.79 Å². The number of methoxy groups -OCH3 is 2. The zero-order valence-corrected chi connectivity index (χ0v) is 26.9. The molecule has 2 aromatic rings. The van der Waals surface area contributed by atoms with Crippen LogP contribution in [0.25, 0.3) is 0 Å². The van der Waals surface area contributed by atoms with Crippen LogP contribution in [0.3, 0.4) is 0 Å². The Bertz CT molecular complexity index is 1290. The first-order valence-corrected chi connectivity index (χ1v) is 16.7. The molecular formula is C37H49NO7. The van der Waals surface area contributed by atoms with Crippen LogP contribution in [0.1, 0.15) is 81.4 Å². The maximum atomic E-state index is 14.3. The van der Waals surface area contributed by atoms with Crippen molar-refractivity contribution in [2.24, 2.45) is 11.8 Å². The van der Waals surface area contributed by atoms with Crippen molar-refractivity contribution in [1.82, 2.24) is 4.90 Å². The average molecular weight is 620 g/mol. The second-order valence-electron chi connectivity index (χ2n) is 12.4. The lowest BCUT2D eigenvalue weighted by atomic mass is 9.77. The molecule has 1 aliphatic carbocycles. The fourth-order valence-electron chi connectivity index (χ4n) is 7.02. The van der Waals surface area contributed by atoms with Crippen molar-refractivity contribution in [2.75, 3.05) is 40.6 Å². The van der Waals surface area contributed by atoms with Crippen LogP contribution in [-0.4, -0.2) is 63.4 Å². The fourth-order valence-corrected chi connectivity index (χ4v) is 7.02. The van der Waals surface area contributed by atoms with Crippen LogP contribution in [0.4, 0.5) is 0 Å². The van der Waals surface area contributed by atoms with E-state index in [0.29, 0.717) is 75.2 Å². The third-order valence-electron chi connectivity index (χ3n) is 9.49. The molecular weight excluding hydrogens is 570 g/mol. The molecule has 0 aromatic heterocycles. The van der Waals surface area contributed by atoms with Gasteiger partial charge in [0.1, 0.15) is 24.5 Å². The zero-order chi connectivity index (χ0) is 31.4. The quantitative estimate of drug-likeness (QED) is 0.258. The molecule has 0 spiro atoms. The lowest BCUT2D eigenvalue weighted by molar-refractivity contribution is -0.164. The number of hydrogen-bond acceptors (Lipinski definition) is 7. The van der Waals surface area contributed by atoms with Crippen LogP contribution in [-0.2, 0) is 25.5 Å². The van der Waals surface area contributed by atoms with E-state index in [1.807, 2.05) is 53.4 Å². The van der Waals surface area contributed by atoms with Gasteiger partial charge in [-0.15, -0.1) is 0 Å². The highest BCUT2D eigenvalue weighted by Crippen LogP contribution is 2.36. The minimum atomic E-state index is -0.577. The van der Waals surface area contributed by atoms with Crippen LogP contribution in [0, 0.1) is 11.8 Å². The zero-order valence-electron chi connectivity index (χ0n) is 26.9. The number of carbonyl (C=O) groups excluding carboxylic acids is 2. The third-order valence-corrected chi connectivity index (χ3v) is 9.49. The molecule has 0 unspecified atom stereocenters. The van der Waals surface area contributed by atoms with Crippen molar-refractivity contribution in [2.45, 2.75) is 82.8 Å². The molecule has 2 aromatic carbocycles. The van der Waals surface area contributed by atoms with Crippen LogP contribution < -0.4 is 14.2 Å². The van der Waals surface area contributed by atoms with Crippen molar-refractivity contribution >= 4 is 11.9 Å². The van der Waals surface area contributed by atoms with Crippen LogP contribution >= 0.6 is 0 Å². The Balaban J connectivity index is 1.41. The summed E-state index contributed by atoms with van der Waals surface area (Å²) in [5.41, 5.74) is 1.91. The van der Waals surface area contributed by atoms with E-state index in [4.69, 9.17) is 23.7 Å². The number of esters is 1. The minimum absolute atomic E-state index is 0.104. The fraction of sp³-hybridized carbons (Fsp3) is 0.568. The molecule has 45 heavy (non-hydrogen) atoms. The summed E-state index contributed by atoms with van der Waals surface area (Å²) in [6.07, 6.45) is 13.6. The number of carbonyl (C=O) groups is 2. The van der Waals surface area contributed by atoms with Gasteiger partial charge >= 0.3 is 5.97 Å². The Morgan fingerprint density at radius 2 is 1.69 bits per heavy atom. The SMILES string of the molecule is COc1ccc(CC[C@H]2OC(=O)[C@@H]3CCCCN3C(=O)[C@@H](C3CCCCC3)C/C=C/COCCOc3cccc2c3)cc1OC. The Morgan fingerprint density at radius 3 is 2.51 bits per heavy atom. The summed E-state index contributed by atoms with van der Waals surface area (Å²) in [5, 5.41) is 0. The molecule has 0 N–H and O–H groups in total. The average Bonchev–Trinajstić information content (AvgIpc) is 3.09. The first-order valence-electron chi connectivity index (χ1n) is 16.7. The molecule has 5 rings (SSSR count). The number of aryl methyl sites for hydroxylation is 1. The second-order valence-corrected chi connectivity index (χ2v) is 12.4. The van der Waals surface area contributed by atoms with Crippen molar-refractivity contribution in [1.29, 1.82) is 0 Å². The molecule has 1 amide bonds. The summed E-state index contributed by atoms with van der Waals surface area (Å²) in [5.74, 6) is 2.02. The van der Waals surface area contributed by atoms with E-state index < -0.39 is 12.1 Å². The molecule has 244 valence electrons. The second kappa shape index (κ2) is 16.7. The van der Waals surface area contributed by atoms with E-state index in [2.05, 4.69) is 6.08 Å². The molecule has 2 aliphatic heterocycles. The normalized spacial score (nSPS) is 24.8. The maximum Gasteiger partial charge on any atom is 0.329 e. The smallest absolute Gasteiger partial charge is 0.329 e. The number of cyclic esters (lactones) is 1. The number of benzene rings is 2. The van der Waals surface area contributed by atoms with Gasteiger partial charge in [-0.2, -0.15) is 0 Å². The van der Waals surface area contributed by atoms with E-state index in [-0.39, 0.29) is 17.8 Å². The van der Waals surface area contributed by atoms with Crippen LogP contribution in [0.5, 0.6) is 17.2 Å². The monoisotopic (exact) mass is 619 g/mol. The summed E-state index contributed by atoms with van der Waals surface area (Å²) in [4.78, 5) is 30.2. The van der Waals surface area contributed by atoms with Gasteiger partial charge in [0, 0.05) is 12.5 Å². The molecule has 3 aliphatic rings. The number of ether oxygens (including phenoxy) is 5. The highest BCUT2D eigenvalue weighted by atomic mass is 16.5. The number of piperidine rings is 1. The van der Waals surface area contributed by atoms with E-state index in [1.54, 1.807) is 14.2 Å². The van der Waals surface area contributed by atoms with Gasteiger partial charge in [-0.25, -0.2) is 4.79 Å². The first kappa shape index (κ1) is 32.9. The molecule has 1 saturated heterocycles. The van der Waals surface area contributed by atoms with Crippen molar-refractivity contribution in [3.63, 3.8) is 0 Å². The predicted octanol–water partition coefficient (Wildman–Crippen LogP) is 6.85. The molecule has 1 saturated carbocycles. The van der Waals surface area contributed by atoms with E-state index in [0.717, 1.165) is 49.7 Å². The van der Waals surface area contributed by atoms with Gasteiger partial charge in [0.05, 0.1) is 27.4 Å². The van der Waals surface area contributed by atoms with E-state index in [1.165, 1.54) is 6.42 Å². The number of hydrogen-bond donors (Lipinski definition) is 0. The topological polar surface area (TPSA) is 83.5 Å². The largest absolute Gasteiger partial charge is 0.493 e. The van der Waals surface area contributed by atoms with Crippen LogP contribution in [0.15, 0.2) is 54.6 Å². The number of fused-ring (bicyclic) bond motifs is 3. The Labute approximate surface area is 268 Å². The lowest BCUT2D eigenvalue weighted by Gasteiger charge is -2.39. The van der Waals surface area contributed by atoms with Crippen molar-refractivity contribution in [3.05, 3.63) is 65.7 Å². The lowest BCUT2D eigenvalue weighted by Crippen LogP contribution is -2.52. The van der Waals surface area contributed by atoms with Crippen molar-refractivity contribution in [3.8, 4) is 17.2 Å². The van der Waals surface area contributed by atoms with Gasteiger partial charge in [-0.1, -0.05) is 49.6 Å².